The number of hydrogen-bond donors (Lipinski definition) is 2. The summed E-state index contributed by atoms with van der Waals surface area (Å²) >= 11 is 1.57. The highest BCUT2D eigenvalue weighted by atomic mass is 32.1. The lowest BCUT2D eigenvalue weighted by atomic mass is 9.86. The molecule has 3 aliphatic carbocycles. The second kappa shape index (κ2) is 7.03. The van der Waals surface area contributed by atoms with Gasteiger partial charge in [0.1, 0.15) is 11.3 Å². The van der Waals surface area contributed by atoms with Crippen molar-refractivity contribution in [2.45, 2.75) is 57.8 Å². The smallest absolute Gasteiger partial charge is 0.254 e. The van der Waals surface area contributed by atoms with Gasteiger partial charge in [0.05, 0.1) is 11.3 Å². The van der Waals surface area contributed by atoms with Crippen molar-refractivity contribution in [1.29, 1.82) is 0 Å². The molecule has 2 fully saturated rings. The number of hydrogen-bond acceptors (Lipinski definition) is 5. The van der Waals surface area contributed by atoms with Crippen molar-refractivity contribution >= 4 is 28.2 Å². The third-order valence-electron chi connectivity index (χ3n) is 5.91. The van der Waals surface area contributed by atoms with Crippen LogP contribution in [0.25, 0.3) is 0 Å². The van der Waals surface area contributed by atoms with Crippen molar-refractivity contribution in [3.05, 3.63) is 33.9 Å². The van der Waals surface area contributed by atoms with Gasteiger partial charge in [-0.2, -0.15) is 0 Å². The molecule has 2 saturated carbocycles. The van der Waals surface area contributed by atoms with Gasteiger partial charge in [-0.3, -0.25) is 9.59 Å². The second-order valence-corrected chi connectivity index (χ2v) is 9.50. The number of carbonyl (C=O) groups excluding carboxylic acids is 2. The lowest BCUT2D eigenvalue weighted by Gasteiger charge is -2.20. The summed E-state index contributed by atoms with van der Waals surface area (Å²) in [6.07, 6.45) is 8.54. The van der Waals surface area contributed by atoms with Gasteiger partial charge in [-0.15, -0.1) is 11.3 Å². The molecule has 2 amide bonds. The van der Waals surface area contributed by atoms with E-state index in [4.69, 9.17) is 4.42 Å². The summed E-state index contributed by atoms with van der Waals surface area (Å²) in [6, 6.07) is 0. The first-order valence-electron chi connectivity index (χ1n) is 10.2. The molecular weight excluding hydrogens is 374 g/mol. The van der Waals surface area contributed by atoms with Crippen LogP contribution in [0.4, 0.5) is 5.00 Å². The number of aryl methyl sites for hydroxylation is 2. The van der Waals surface area contributed by atoms with Crippen LogP contribution in [-0.4, -0.2) is 23.3 Å². The van der Waals surface area contributed by atoms with E-state index in [9.17, 15) is 9.59 Å². The molecule has 0 aromatic carbocycles. The molecule has 1 atom stereocenters. The predicted octanol–water partition coefficient (Wildman–Crippen LogP) is 3.81. The van der Waals surface area contributed by atoms with E-state index in [-0.39, 0.29) is 23.7 Å². The van der Waals surface area contributed by atoms with E-state index >= 15 is 0 Å². The lowest BCUT2D eigenvalue weighted by Crippen LogP contribution is -2.28. The third kappa shape index (κ3) is 3.60. The van der Waals surface area contributed by atoms with Gasteiger partial charge < -0.3 is 15.1 Å². The highest BCUT2D eigenvalue weighted by Gasteiger charge is 2.35. The van der Waals surface area contributed by atoms with Gasteiger partial charge in [0, 0.05) is 23.3 Å². The molecule has 2 heterocycles. The topological polar surface area (TPSA) is 84.2 Å². The van der Waals surface area contributed by atoms with Crippen molar-refractivity contribution < 1.29 is 14.0 Å². The average molecular weight is 400 g/mol. The van der Waals surface area contributed by atoms with Crippen LogP contribution in [0.15, 0.2) is 10.7 Å². The van der Waals surface area contributed by atoms with Crippen LogP contribution in [-0.2, 0) is 17.6 Å². The average Bonchev–Trinajstić information content (AvgIpc) is 3.60. The van der Waals surface area contributed by atoms with Crippen molar-refractivity contribution in [3.8, 4) is 0 Å². The first-order chi connectivity index (χ1) is 13.6. The zero-order valence-corrected chi connectivity index (χ0v) is 16.9. The van der Waals surface area contributed by atoms with Gasteiger partial charge in [0.15, 0.2) is 5.89 Å². The number of rotatable bonds is 6. The molecule has 7 heteroatoms. The van der Waals surface area contributed by atoms with E-state index in [1.54, 1.807) is 17.6 Å². The summed E-state index contributed by atoms with van der Waals surface area (Å²) in [5.74, 6) is 1.66. The van der Waals surface area contributed by atoms with Crippen LogP contribution in [0.3, 0.4) is 0 Å². The summed E-state index contributed by atoms with van der Waals surface area (Å²) in [4.78, 5) is 31.1. The Morgan fingerprint density at radius 2 is 2.07 bits per heavy atom. The number of nitrogens with one attached hydrogen (secondary N) is 2. The van der Waals surface area contributed by atoms with E-state index in [1.165, 1.54) is 17.7 Å². The van der Waals surface area contributed by atoms with Crippen molar-refractivity contribution in [2.75, 3.05) is 11.9 Å². The van der Waals surface area contributed by atoms with Gasteiger partial charge >= 0.3 is 0 Å². The summed E-state index contributed by atoms with van der Waals surface area (Å²) in [6.45, 7) is 2.65. The maximum atomic E-state index is 13.1. The third-order valence-corrected chi connectivity index (χ3v) is 7.11. The van der Waals surface area contributed by atoms with Crippen LogP contribution >= 0.6 is 11.3 Å². The Kier molecular flexibility index (Phi) is 4.50. The Morgan fingerprint density at radius 3 is 2.75 bits per heavy atom. The molecule has 28 heavy (non-hydrogen) atoms. The Balaban J connectivity index is 1.43. The van der Waals surface area contributed by atoms with Crippen LogP contribution < -0.4 is 10.6 Å². The highest BCUT2D eigenvalue weighted by molar-refractivity contribution is 7.17. The lowest BCUT2D eigenvalue weighted by molar-refractivity contribution is -0.117. The van der Waals surface area contributed by atoms with Crippen molar-refractivity contribution in [3.63, 3.8) is 0 Å². The number of nitrogens with zero attached hydrogens (tertiary/aromatic N) is 1. The highest BCUT2D eigenvalue weighted by Crippen LogP contribution is 2.43. The van der Waals surface area contributed by atoms with Gasteiger partial charge in [0.25, 0.3) is 5.91 Å². The zero-order valence-electron chi connectivity index (χ0n) is 16.0. The maximum Gasteiger partial charge on any atom is 0.254 e. The van der Waals surface area contributed by atoms with Crippen molar-refractivity contribution in [2.24, 2.45) is 11.8 Å². The fourth-order valence-electron chi connectivity index (χ4n) is 3.89. The van der Waals surface area contributed by atoms with Crippen LogP contribution in [0, 0.1) is 18.8 Å². The number of aromatic nitrogens is 1. The fraction of sp³-hybridized carbons (Fsp3) is 0.571. The van der Waals surface area contributed by atoms with Crippen LogP contribution in [0.2, 0.25) is 0 Å². The molecule has 148 valence electrons. The van der Waals surface area contributed by atoms with E-state index < -0.39 is 0 Å². The van der Waals surface area contributed by atoms with E-state index in [0.717, 1.165) is 60.8 Å². The van der Waals surface area contributed by atoms with Gasteiger partial charge in [-0.05, 0) is 63.4 Å². The predicted molar refractivity (Wildman–Crippen MR) is 107 cm³/mol. The fourth-order valence-corrected chi connectivity index (χ4v) is 5.13. The van der Waals surface area contributed by atoms with E-state index in [0.29, 0.717) is 11.5 Å². The number of thiophene rings is 1. The number of amides is 2. The largest absolute Gasteiger partial charge is 0.448 e. The Bertz CT molecular complexity index is 923. The first kappa shape index (κ1) is 17.9. The Morgan fingerprint density at radius 1 is 1.25 bits per heavy atom. The number of anilines is 1. The minimum absolute atomic E-state index is 0.0507. The zero-order chi connectivity index (χ0) is 19.3. The molecule has 0 saturated heterocycles. The van der Waals surface area contributed by atoms with Gasteiger partial charge in [-0.1, -0.05) is 0 Å². The Hall–Kier alpha value is -2.15. The summed E-state index contributed by atoms with van der Waals surface area (Å²) in [5.41, 5.74) is 2.62. The molecule has 5 rings (SSSR count). The number of carbonyl (C=O) groups is 2. The molecular formula is C21H25N3O3S. The molecule has 6 nitrogen and oxygen atoms in total. The quantitative estimate of drug-likeness (QED) is 0.774. The molecule has 0 aliphatic heterocycles. The SMILES string of the molecule is Cc1coc(C2CCc3sc(NC(=O)C4CC4)c(C(=O)NCC4CC4)c3C2)n1. The van der Waals surface area contributed by atoms with Crippen LogP contribution in [0.1, 0.15) is 70.4 Å². The van der Waals surface area contributed by atoms with E-state index in [1.807, 2.05) is 6.92 Å². The monoisotopic (exact) mass is 399 g/mol. The molecule has 0 bridgehead atoms. The Labute approximate surface area is 168 Å². The molecule has 3 aliphatic rings. The normalized spacial score (nSPS) is 21.2. The molecule has 2 aromatic rings. The summed E-state index contributed by atoms with van der Waals surface area (Å²) in [5, 5.41) is 6.87. The second-order valence-electron chi connectivity index (χ2n) is 8.39. The molecule has 0 spiro atoms. The van der Waals surface area contributed by atoms with Gasteiger partial charge in [0.2, 0.25) is 5.91 Å². The number of fused-ring (bicyclic) bond motifs is 1. The molecule has 2 aromatic heterocycles. The van der Waals surface area contributed by atoms with E-state index in [2.05, 4.69) is 15.6 Å². The molecule has 0 radical (unpaired) electrons. The standard InChI is InChI=1S/C21H25N3O3S/c1-11-10-27-20(23-11)14-6-7-16-15(8-14)17(19(26)22-9-12-2-3-12)21(28-16)24-18(25)13-4-5-13/h10,12-14H,2-9H2,1H3,(H,22,26)(H,24,25). The van der Waals surface area contributed by atoms with Crippen molar-refractivity contribution in [1.82, 2.24) is 10.3 Å². The molecule has 1 unspecified atom stereocenters. The van der Waals surface area contributed by atoms with Crippen LogP contribution in [0.5, 0.6) is 0 Å². The maximum absolute atomic E-state index is 13.1. The summed E-state index contributed by atoms with van der Waals surface area (Å²) in [7, 11) is 0. The number of oxazole rings is 1. The minimum Gasteiger partial charge on any atom is -0.448 e. The summed E-state index contributed by atoms with van der Waals surface area (Å²) < 4.78 is 5.64. The first-order valence-corrected chi connectivity index (χ1v) is 11.1. The minimum atomic E-state index is -0.0558. The molecule has 2 N–H and O–H groups in total. The van der Waals surface area contributed by atoms with Gasteiger partial charge in [-0.25, -0.2) is 4.98 Å².